The molecule has 1 fully saturated rings. The van der Waals surface area contributed by atoms with Crippen molar-refractivity contribution in [2.45, 2.75) is 12.8 Å². The van der Waals surface area contributed by atoms with Crippen molar-refractivity contribution in [1.82, 2.24) is 4.98 Å². The molecule has 1 N–H and O–H groups in total. The first kappa shape index (κ1) is 13.7. The fourth-order valence-electron chi connectivity index (χ4n) is 2.87. The lowest BCUT2D eigenvalue weighted by Crippen LogP contribution is -2.36. The quantitative estimate of drug-likeness (QED) is 0.926. The second kappa shape index (κ2) is 5.37. The number of nitrogens with zero attached hydrogens (tertiary/aromatic N) is 2. The molecule has 1 aromatic heterocycles. The number of fused-ring (bicyclic) bond motifs is 1. The molecule has 0 radical (unpaired) electrons. The summed E-state index contributed by atoms with van der Waals surface area (Å²) in [5.74, 6) is -0.0215. The number of anilines is 2. The molecule has 3 heterocycles. The van der Waals surface area contributed by atoms with E-state index in [9.17, 15) is 4.79 Å². The minimum Gasteiger partial charge on any atom is -0.378 e. The Bertz CT molecular complexity index is 722. The van der Waals surface area contributed by atoms with Gasteiger partial charge in [0.1, 0.15) is 0 Å². The third-order valence-electron chi connectivity index (χ3n) is 4.24. The summed E-state index contributed by atoms with van der Waals surface area (Å²) >= 11 is 1.66. The number of hydrogen-bond acceptors (Lipinski definition) is 5. The topological polar surface area (TPSA) is 54.5 Å². The number of morpholine rings is 1. The highest BCUT2D eigenvalue weighted by Gasteiger charge is 2.27. The maximum atomic E-state index is 11.7. The Morgan fingerprint density at radius 1 is 1.36 bits per heavy atom. The van der Waals surface area contributed by atoms with E-state index in [1.54, 1.807) is 11.3 Å². The van der Waals surface area contributed by atoms with E-state index in [0.717, 1.165) is 53.9 Å². The van der Waals surface area contributed by atoms with Crippen LogP contribution in [-0.2, 0) is 9.53 Å². The minimum absolute atomic E-state index is 0.0689. The van der Waals surface area contributed by atoms with Crippen LogP contribution in [0.2, 0.25) is 0 Å². The van der Waals surface area contributed by atoms with Gasteiger partial charge in [0.2, 0.25) is 5.91 Å². The molecule has 6 heteroatoms. The van der Waals surface area contributed by atoms with Crippen molar-refractivity contribution >= 4 is 28.1 Å². The van der Waals surface area contributed by atoms with E-state index in [2.05, 4.69) is 21.7 Å². The van der Waals surface area contributed by atoms with Gasteiger partial charge in [-0.1, -0.05) is 6.07 Å². The Morgan fingerprint density at radius 2 is 2.18 bits per heavy atom. The summed E-state index contributed by atoms with van der Waals surface area (Å²) in [6.07, 6.45) is 0. The van der Waals surface area contributed by atoms with Gasteiger partial charge in [-0.15, -0.1) is 11.3 Å². The Balaban J connectivity index is 1.63. The van der Waals surface area contributed by atoms with E-state index in [-0.39, 0.29) is 11.8 Å². The van der Waals surface area contributed by atoms with Crippen molar-refractivity contribution in [2.75, 3.05) is 36.5 Å². The number of ether oxygens (including phenoxy) is 1. The molecule has 0 spiro atoms. The molecule has 2 aliphatic heterocycles. The number of thiazole rings is 1. The smallest absolute Gasteiger partial charge is 0.231 e. The van der Waals surface area contributed by atoms with Crippen molar-refractivity contribution in [3.05, 3.63) is 29.1 Å². The number of carbonyl (C=O) groups is 1. The second-order valence-electron chi connectivity index (χ2n) is 5.63. The number of nitrogens with one attached hydrogen (secondary N) is 1. The molecule has 0 aliphatic carbocycles. The van der Waals surface area contributed by atoms with Gasteiger partial charge in [-0.2, -0.15) is 0 Å². The average molecular weight is 315 g/mol. The van der Waals surface area contributed by atoms with Crippen LogP contribution >= 0.6 is 11.3 Å². The highest BCUT2D eigenvalue weighted by Crippen LogP contribution is 2.36. The van der Waals surface area contributed by atoms with Crippen LogP contribution < -0.4 is 10.2 Å². The molecule has 0 bridgehead atoms. The largest absolute Gasteiger partial charge is 0.378 e. The second-order valence-corrected chi connectivity index (χ2v) is 6.46. The van der Waals surface area contributed by atoms with Gasteiger partial charge in [-0.25, -0.2) is 4.98 Å². The standard InChI is InChI=1S/C16H17N3O2S/c1-10-12-8-11(2-3-13(12)17-15(10)20)14-9-22-16(18-14)19-4-6-21-7-5-19/h2-3,8-10H,4-7H2,1H3,(H,17,20). The maximum absolute atomic E-state index is 11.7. The van der Waals surface area contributed by atoms with E-state index in [0.29, 0.717) is 0 Å². The van der Waals surface area contributed by atoms with Crippen molar-refractivity contribution in [2.24, 2.45) is 0 Å². The zero-order valence-electron chi connectivity index (χ0n) is 12.3. The zero-order valence-corrected chi connectivity index (χ0v) is 13.2. The van der Waals surface area contributed by atoms with Gasteiger partial charge in [0, 0.05) is 29.7 Å². The highest BCUT2D eigenvalue weighted by molar-refractivity contribution is 7.14. The Hall–Kier alpha value is -1.92. The molecule has 1 saturated heterocycles. The lowest BCUT2D eigenvalue weighted by atomic mass is 10.00. The summed E-state index contributed by atoms with van der Waals surface area (Å²) < 4.78 is 5.38. The normalized spacial score (nSPS) is 20.9. The number of aromatic nitrogens is 1. The van der Waals surface area contributed by atoms with Crippen LogP contribution in [0, 0.1) is 0 Å². The summed E-state index contributed by atoms with van der Waals surface area (Å²) in [7, 11) is 0. The fraction of sp³-hybridized carbons (Fsp3) is 0.375. The zero-order chi connectivity index (χ0) is 15.1. The molecule has 22 heavy (non-hydrogen) atoms. The maximum Gasteiger partial charge on any atom is 0.231 e. The third kappa shape index (κ3) is 2.28. The molecule has 2 aromatic rings. The highest BCUT2D eigenvalue weighted by atomic mass is 32.1. The molecule has 0 saturated carbocycles. The predicted octanol–water partition coefficient (Wildman–Crippen LogP) is 2.70. The van der Waals surface area contributed by atoms with E-state index in [4.69, 9.17) is 9.72 Å². The summed E-state index contributed by atoms with van der Waals surface area (Å²) in [4.78, 5) is 18.8. The summed E-state index contributed by atoms with van der Waals surface area (Å²) in [6, 6.07) is 6.07. The molecule has 5 nitrogen and oxygen atoms in total. The number of carbonyl (C=O) groups excluding carboxylic acids is 1. The van der Waals surface area contributed by atoms with E-state index < -0.39 is 0 Å². The van der Waals surface area contributed by atoms with Crippen LogP contribution in [0.3, 0.4) is 0 Å². The summed E-state index contributed by atoms with van der Waals surface area (Å²) in [5.41, 5.74) is 4.02. The number of benzene rings is 1. The predicted molar refractivity (Wildman–Crippen MR) is 87.6 cm³/mol. The van der Waals surface area contributed by atoms with Crippen molar-refractivity contribution in [3.63, 3.8) is 0 Å². The molecule has 1 atom stereocenters. The lowest BCUT2D eigenvalue weighted by Gasteiger charge is -2.26. The number of amides is 1. The van der Waals surface area contributed by atoms with Gasteiger partial charge < -0.3 is 15.0 Å². The van der Waals surface area contributed by atoms with Gasteiger partial charge in [0.05, 0.1) is 24.8 Å². The van der Waals surface area contributed by atoms with Crippen LogP contribution in [0.5, 0.6) is 0 Å². The van der Waals surface area contributed by atoms with Crippen LogP contribution in [0.1, 0.15) is 18.4 Å². The van der Waals surface area contributed by atoms with Crippen molar-refractivity contribution in [3.8, 4) is 11.3 Å². The first-order chi connectivity index (χ1) is 10.7. The molecule has 1 unspecified atom stereocenters. The third-order valence-corrected chi connectivity index (χ3v) is 5.14. The lowest BCUT2D eigenvalue weighted by molar-refractivity contribution is -0.116. The summed E-state index contributed by atoms with van der Waals surface area (Å²) in [6.45, 7) is 5.25. The van der Waals surface area contributed by atoms with E-state index in [1.165, 1.54) is 0 Å². The monoisotopic (exact) mass is 315 g/mol. The van der Waals surface area contributed by atoms with Crippen molar-refractivity contribution in [1.29, 1.82) is 0 Å². The van der Waals surface area contributed by atoms with Gasteiger partial charge >= 0.3 is 0 Å². The van der Waals surface area contributed by atoms with E-state index >= 15 is 0 Å². The molecule has 114 valence electrons. The molecule has 4 rings (SSSR count). The summed E-state index contributed by atoms with van der Waals surface area (Å²) in [5, 5.41) is 6.03. The van der Waals surface area contributed by atoms with Crippen LogP contribution in [0.15, 0.2) is 23.6 Å². The van der Waals surface area contributed by atoms with Gasteiger partial charge in [0.15, 0.2) is 5.13 Å². The first-order valence-electron chi connectivity index (χ1n) is 7.46. The van der Waals surface area contributed by atoms with Gasteiger partial charge in [-0.05, 0) is 24.6 Å². The average Bonchev–Trinajstić information content (AvgIpc) is 3.14. The van der Waals surface area contributed by atoms with Crippen LogP contribution in [0.25, 0.3) is 11.3 Å². The number of rotatable bonds is 2. The Labute approximate surface area is 132 Å². The molecule has 1 aromatic carbocycles. The molecule has 2 aliphatic rings. The van der Waals surface area contributed by atoms with E-state index in [1.807, 2.05) is 19.1 Å². The SMILES string of the molecule is CC1C(=O)Nc2ccc(-c3csc(N4CCOCC4)n3)cc21. The molecular formula is C16H17N3O2S. The van der Waals surface area contributed by atoms with Crippen LogP contribution in [0.4, 0.5) is 10.8 Å². The number of hydrogen-bond donors (Lipinski definition) is 1. The molecular weight excluding hydrogens is 298 g/mol. The fourth-order valence-corrected chi connectivity index (χ4v) is 3.76. The minimum atomic E-state index is -0.0905. The Morgan fingerprint density at radius 3 is 3.00 bits per heavy atom. The van der Waals surface area contributed by atoms with Gasteiger partial charge in [0.25, 0.3) is 0 Å². The van der Waals surface area contributed by atoms with Gasteiger partial charge in [-0.3, -0.25) is 4.79 Å². The van der Waals surface area contributed by atoms with Crippen LogP contribution in [-0.4, -0.2) is 37.2 Å². The molecule has 1 amide bonds. The Kier molecular flexibility index (Phi) is 3.35. The first-order valence-corrected chi connectivity index (χ1v) is 8.34. The van der Waals surface area contributed by atoms with Crippen molar-refractivity contribution < 1.29 is 9.53 Å².